The van der Waals surface area contributed by atoms with Crippen LogP contribution in [0.5, 0.6) is 0 Å². The summed E-state index contributed by atoms with van der Waals surface area (Å²) in [6, 6.07) is 37.8. The maximum atomic E-state index is 4.25. The zero-order chi connectivity index (χ0) is 19.3. The van der Waals surface area contributed by atoms with Crippen molar-refractivity contribution in [2.75, 3.05) is 0 Å². The summed E-state index contributed by atoms with van der Waals surface area (Å²) in [5.41, 5.74) is 9.07. The van der Waals surface area contributed by atoms with Gasteiger partial charge in [0.2, 0.25) is 0 Å². The van der Waals surface area contributed by atoms with Gasteiger partial charge in [0.25, 0.3) is 0 Å². The zero-order valence-corrected chi connectivity index (χ0v) is 15.8. The third-order valence-electron chi connectivity index (χ3n) is 5.04. The normalized spacial score (nSPS) is 10.4. The van der Waals surface area contributed by atoms with Crippen molar-refractivity contribution >= 4 is 11.1 Å². The molecule has 4 aromatic carbocycles. The molecule has 0 aromatic heterocycles. The first-order valence-electron chi connectivity index (χ1n) is 9.42. The molecule has 0 N–H and O–H groups in total. The summed E-state index contributed by atoms with van der Waals surface area (Å²) in [4.78, 5) is 0. The molecule has 0 saturated heterocycles. The van der Waals surface area contributed by atoms with Crippen LogP contribution in [0.25, 0.3) is 22.3 Å². The van der Waals surface area contributed by atoms with E-state index in [1.54, 1.807) is 0 Å². The largest absolute Gasteiger partial charge is 0.0906 e. The van der Waals surface area contributed by atoms with Gasteiger partial charge >= 0.3 is 0 Å². The Bertz CT molecular complexity index is 991. The van der Waals surface area contributed by atoms with E-state index in [0.29, 0.717) is 0 Å². The minimum absolute atomic E-state index is 1.04. The fourth-order valence-corrected chi connectivity index (χ4v) is 3.34. The van der Waals surface area contributed by atoms with Crippen molar-refractivity contribution in [1.29, 1.82) is 0 Å². The average molecular weight is 358 g/mol. The third-order valence-corrected chi connectivity index (χ3v) is 5.04. The third kappa shape index (κ3) is 3.72. The second-order valence-corrected chi connectivity index (χ2v) is 6.84. The number of benzene rings is 4. The molecule has 28 heavy (non-hydrogen) atoms. The summed E-state index contributed by atoms with van der Waals surface area (Å²) >= 11 is 0. The van der Waals surface area contributed by atoms with Crippen LogP contribution in [-0.4, -0.2) is 0 Å². The molecule has 4 rings (SSSR count). The Morgan fingerprint density at radius 1 is 0.357 bits per heavy atom. The summed E-state index contributed by atoms with van der Waals surface area (Å²) < 4.78 is 0. The highest BCUT2D eigenvalue weighted by Gasteiger charge is 2.05. The van der Waals surface area contributed by atoms with Crippen LogP contribution in [0.3, 0.4) is 0 Å². The first-order valence-corrected chi connectivity index (χ1v) is 9.42. The van der Waals surface area contributed by atoms with Crippen LogP contribution in [0.2, 0.25) is 0 Å². The van der Waals surface area contributed by atoms with Crippen molar-refractivity contribution in [3.8, 4) is 11.1 Å². The molecule has 0 fully saturated rings. The highest BCUT2D eigenvalue weighted by atomic mass is 14.1. The van der Waals surface area contributed by atoms with E-state index < -0.39 is 0 Å². The maximum Gasteiger partial charge on any atom is -0.0183 e. The first-order chi connectivity index (χ1) is 13.7. The van der Waals surface area contributed by atoms with E-state index in [4.69, 9.17) is 0 Å². The first kappa shape index (κ1) is 17.8. The van der Waals surface area contributed by atoms with Gasteiger partial charge in [-0.3, -0.25) is 0 Å². The van der Waals surface area contributed by atoms with Crippen LogP contribution in [0.15, 0.2) is 122 Å². The molecule has 134 valence electrons. The molecule has 0 amide bonds. The predicted octanol–water partition coefficient (Wildman–Crippen LogP) is 7.48. The molecule has 0 saturated carbocycles. The second kappa shape index (κ2) is 7.94. The van der Waals surface area contributed by atoms with Crippen molar-refractivity contribution in [3.05, 3.63) is 145 Å². The number of hydrogen-bond acceptors (Lipinski definition) is 0. The van der Waals surface area contributed by atoms with Crippen molar-refractivity contribution in [2.45, 2.75) is 0 Å². The molecule has 0 spiro atoms. The molecule has 0 atom stereocenters. The molecule has 0 heterocycles. The van der Waals surface area contributed by atoms with E-state index in [1.807, 2.05) is 36.4 Å². The minimum atomic E-state index is 1.04. The second-order valence-electron chi connectivity index (χ2n) is 6.84. The predicted molar refractivity (Wildman–Crippen MR) is 121 cm³/mol. The smallest absolute Gasteiger partial charge is 0.0183 e. The molecular weight excluding hydrogens is 336 g/mol. The fraction of sp³-hybridized carbons (Fsp3) is 0. The fourth-order valence-electron chi connectivity index (χ4n) is 3.34. The molecule has 0 bridgehead atoms. The maximum absolute atomic E-state index is 4.25. The molecule has 0 heteroatoms. The minimum Gasteiger partial charge on any atom is -0.0906 e. The van der Waals surface area contributed by atoms with Crippen molar-refractivity contribution < 1.29 is 0 Å². The van der Waals surface area contributed by atoms with Gasteiger partial charge in [-0.25, -0.2) is 0 Å². The lowest BCUT2D eigenvalue weighted by Gasteiger charge is -2.10. The highest BCUT2D eigenvalue weighted by molar-refractivity contribution is 5.81. The Kier molecular flexibility index (Phi) is 5.03. The van der Waals surface area contributed by atoms with E-state index in [1.165, 1.54) is 11.1 Å². The summed E-state index contributed by atoms with van der Waals surface area (Å²) in [6.07, 6.45) is 0. The number of hydrogen-bond donors (Lipinski definition) is 0. The van der Waals surface area contributed by atoms with Crippen LogP contribution in [0.4, 0.5) is 0 Å². The van der Waals surface area contributed by atoms with Gasteiger partial charge in [0.1, 0.15) is 0 Å². The Balaban J connectivity index is 1.53. The van der Waals surface area contributed by atoms with Gasteiger partial charge in [0.15, 0.2) is 0 Å². The van der Waals surface area contributed by atoms with Gasteiger partial charge in [0, 0.05) is 0 Å². The molecule has 0 aliphatic carbocycles. The van der Waals surface area contributed by atoms with Crippen LogP contribution in [0.1, 0.15) is 22.3 Å². The van der Waals surface area contributed by atoms with Gasteiger partial charge in [-0.05, 0) is 44.5 Å². The van der Waals surface area contributed by atoms with Gasteiger partial charge in [-0.2, -0.15) is 0 Å². The van der Waals surface area contributed by atoms with Crippen LogP contribution in [0, 0.1) is 0 Å². The van der Waals surface area contributed by atoms with E-state index in [2.05, 4.69) is 86.0 Å². The average Bonchev–Trinajstić information content (AvgIpc) is 2.79. The summed E-state index contributed by atoms with van der Waals surface area (Å²) in [5.74, 6) is 0. The van der Waals surface area contributed by atoms with Gasteiger partial charge in [-0.15, -0.1) is 0 Å². The van der Waals surface area contributed by atoms with Crippen LogP contribution >= 0.6 is 0 Å². The monoisotopic (exact) mass is 358 g/mol. The summed E-state index contributed by atoms with van der Waals surface area (Å²) in [6.45, 7) is 8.50. The summed E-state index contributed by atoms with van der Waals surface area (Å²) in [7, 11) is 0. The molecule has 4 aromatic rings. The van der Waals surface area contributed by atoms with E-state index in [9.17, 15) is 0 Å². The lowest BCUT2D eigenvalue weighted by atomic mass is 9.95. The van der Waals surface area contributed by atoms with E-state index >= 15 is 0 Å². The molecule has 0 aliphatic rings. The van der Waals surface area contributed by atoms with E-state index in [0.717, 1.165) is 33.4 Å². The SMILES string of the molecule is C=C(c1ccccc1)c1ccc(-c2ccc(C(=C)c3ccccc3)cc2)cc1. The van der Waals surface area contributed by atoms with Gasteiger partial charge < -0.3 is 0 Å². The van der Waals surface area contributed by atoms with Gasteiger partial charge in [-0.1, -0.05) is 122 Å². The lowest BCUT2D eigenvalue weighted by molar-refractivity contribution is 1.53. The molecular formula is C28H22. The molecule has 0 nitrogen and oxygen atoms in total. The lowest BCUT2D eigenvalue weighted by Crippen LogP contribution is -1.88. The topological polar surface area (TPSA) is 0 Å². The summed E-state index contributed by atoms with van der Waals surface area (Å²) in [5, 5.41) is 0. The zero-order valence-electron chi connectivity index (χ0n) is 15.8. The Labute approximate surface area is 167 Å². The Morgan fingerprint density at radius 3 is 0.964 bits per heavy atom. The van der Waals surface area contributed by atoms with Crippen molar-refractivity contribution in [3.63, 3.8) is 0 Å². The molecule has 0 aliphatic heterocycles. The highest BCUT2D eigenvalue weighted by Crippen LogP contribution is 2.27. The van der Waals surface area contributed by atoms with Crippen LogP contribution in [-0.2, 0) is 0 Å². The van der Waals surface area contributed by atoms with Crippen molar-refractivity contribution in [2.24, 2.45) is 0 Å². The van der Waals surface area contributed by atoms with E-state index in [-0.39, 0.29) is 0 Å². The Morgan fingerprint density at radius 2 is 0.643 bits per heavy atom. The van der Waals surface area contributed by atoms with Crippen LogP contribution < -0.4 is 0 Å². The molecule has 0 unspecified atom stereocenters. The van der Waals surface area contributed by atoms with Gasteiger partial charge in [0.05, 0.1) is 0 Å². The Hall–Kier alpha value is -3.64. The number of rotatable bonds is 5. The quantitative estimate of drug-likeness (QED) is 0.347. The standard InChI is InChI=1S/C28H22/c1-21(23-9-5-3-6-10-23)25-13-17-27(18-14-25)28-19-15-26(16-20-28)22(2)24-11-7-4-8-12-24/h3-20H,1-2H2. The van der Waals surface area contributed by atoms with Crippen molar-refractivity contribution in [1.82, 2.24) is 0 Å². The molecule has 0 radical (unpaired) electrons.